The molecule has 0 saturated carbocycles. The molecule has 6 heteroatoms. The van der Waals surface area contributed by atoms with Crippen LogP contribution in [-0.4, -0.2) is 12.4 Å². The zero-order valence-electron chi connectivity index (χ0n) is 6.68. The molecule has 0 unspecified atom stereocenters. The van der Waals surface area contributed by atoms with Crippen LogP contribution in [0, 0.1) is 0 Å². The van der Waals surface area contributed by atoms with Crippen LogP contribution in [0.4, 0.5) is 13.2 Å². The topological polar surface area (TPSA) is 8.81 Å². The highest BCUT2D eigenvalue weighted by Crippen LogP contribution is 2.27. The molecule has 0 aliphatic rings. The van der Waals surface area contributed by atoms with Gasteiger partial charge in [-0.05, 0) is 5.72 Å². The summed E-state index contributed by atoms with van der Waals surface area (Å²) in [6.07, 6.45) is -3.39. The average molecular weight is 175 g/mol. The first-order valence-corrected chi connectivity index (χ1v) is 3.22. The van der Waals surface area contributed by atoms with Gasteiger partial charge in [-0.25, -0.2) is 0 Å². The number of imidazole rings is 1. The van der Waals surface area contributed by atoms with Crippen LogP contribution in [0.15, 0.2) is 6.20 Å². The van der Waals surface area contributed by atoms with Crippen LogP contribution in [0.2, 0.25) is 0 Å². The number of aryl methyl sites for hydroxylation is 1. The third-order valence-corrected chi connectivity index (χ3v) is 1.67. The third kappa shape index (κ3) is 1.33. The fourth-order valence-electron chi connectivity index (χ4n) is 0.960. The summed E-state index contributed by atoms with van der Waals surface area (Å²) in [6, 6.07) is 0. The zero-order valence-corrected chi connectivity index (χ0v) is 6.68. The number of rotatable bonds is 0. The van der Waals surface area contributed by atoms with Crippen LogP contribution in [-0.2, 0) is 20.3 Å². The zero-order chi connectivity index (χ0) is 9.52. The SMILES string of the molecule is [B-]c1n(C)c(C(F)(F)F)c[n+]1C. The van der Waals surface area contributed by atoms with Crippen LogP contribution in [0.1, 0.15) is 5.69 Å². The second-order valence-corrected chi connectivity index (χ2v) is 2.54. The normalized spacial score (nSPS) is 12.2. The van der Waals surface area contributed by atoms with Crippen LogP contribution in [0.3, 0.4) is 0 Å². The molecule has 0 aliphatic heterocycles. The van der Waals surface area contributed by atoms with Gasteiger partial charge in [0.05, 0.1) is 14.1 Å². The molecule has 1 aromatic rings. The fourth-order valence-corrected chi connectivity index (χ4v) is 0.960. The van der Waals surface area contributed by atoms with Gasteiger partial charge in [-0.1, -0.05) is 0 Å². The molecule has 0 aromatic carbocycles. The van der Waals surface area contributed by atoms with Crippen LogP contribution < -0.4 is 10.3 Å². The minimum atomic E-state index is -4.34. The van der Waals surface area contributed by atoms with E-state index in [2.05, 4.69) is 0 Å². The lowest BCUT2D eigenvalue weighted by atomic mass is 10.1. The van der Waals surface area contributed by atoms with Crippen molar-refractivity contribution in [2.24, 2.45) is 14.1 Å². The van der Waals surface area contributed by atoms with E-state index in [1.165, 1.54) is 18.7 Å². The highest BCUT2D eigenvalue weighted by Gasteiger charge is 2.38. The van der Waals surface area contributed by atoms with Gasteiger partial charge in [-0.3, -0.25) is 9.13 Å². The molecule has 0 N–H and O–H groups in total. The molecule has 12 heavy (non-hydrogen) atoms. The summed E-state index contributed by atoms with van der Waals surface area (Å²) >= 11 is 0. The van der Waals surface area contributed by atoms with Gasteiger partial charge in [-0.2, -0.15) is 13.2 Å². The first kappa shape index (κ1) is 9.16. The van der Waals surface area contributed by atoms with E-state index in [1.54, 1.807) is 0 Å². The summed E-state index contributed by atoms with van der Waals surface area (Å²) in [4.78, 5) is 0. The van der Waals surface area contributed by atoms with Crippen LogP contribution in [0.25, 0.3) is 0 Å². The number of hydrogen-bond acceptors (Lipinski definition) is 0. The molecular weight excluding hydrogens is 168 g/mol. The average Bonchev–Trinajstić information content (AvgIpc) is 2.15. The second-order valence-electron chi connectivity index (χ2n) is 2.54. The first-order chi connectivity index (χ1) is 5.34. The molecular formula is C6H7BF3N2. The van der Waals surface area contributed by atoms with Gasteiger partial charge in [0, 0.05) is 0 Å². The molecule has 2 nitrogen and oxygen atoms in total. The Morgan fingerprint density at radius 1 is 1.50 bits per heavy atom. The lowest BCUT2D eigenvalue weighted by Crippen LogP contribution is -2.45. The number of nitrogens with zero attached hydrogens (tertiary/aromatic N) is 2. The maximum atomic E-state index is 12.2. The van der Waals surface area contributed by atoms with Gasteiger partial charge in [-0.15, -0.1) is 0 Å². The molecule has 0 aliphatic carbocycles. The molecule has 1 rings (SSSR count). The molecule has 1 aromatic heterocycles. The van der Waals surface area contributed by atoms with Crippen molar-refractivity contribution in [1.29, 1.82) is 0 Å². The molecule has 0 spiro atoms. The van der Waals surface area contributed by atoms with E-state index < -0.39 is 11.9 Å². The predicted octanol–water partition coefficient (Wildman–Crippen LogP) is -0.338. The van der Waals surface area contributed by atoms with E-state index in [1.807, 2.05) is 0 Å². The van der Waals surface area contributed by atoms with Crippen molar-refractivity contribution < 1.29 is 17.7 Å². The van der Waals surface area contributed by atoms with E-state index in [0.29, 0.717) is 0 Å². The molecule has 0 bridgehead atoms. The Bertz CT molecular complexity index is 302. The Hall–Kier alpha value is -0.935. The largest absolute Gasteiger partial charge is 0.458 e. The van der Waals surface area contributed by atoms with Crippen LogP contribution in [0.5, 0.6) is 0 Å². The Morgan fingerprint density at radius 2 is 2.00 bits per heavy atom. The summed E-state index contributed by atoms with van der Waals surface area (Å²) in [6.45, 7) is 0. The highest BCUT2D eigenvalue weighted by molar-refractivity contribution is 6.28. The Labute approximate surface area is 69.0 Å². The van der Waals surface area contributed by atoms with Gasteiger partial charge in [0.1, 0.15) is 6.20 Å². The molecule has 0 saturated heterocycles. The van der Waals surface area contributed by atoms with Crippen molar-refractivity contribution in [2.75, 3.05) is 0 Å². The fraction of sp³-hybridized carbons (Fsp3) is 0.500. The maximum absolute atomic E-state index is 12.2. The Morgan fingerprint density at radius 3 is 2.17 bits per heavy atom. The van der Waals surface area contributed by atoms with E-state index in [0.717, 1.165) is 10.8 Å². The predicted molar refractivity (Wildman–Crippen MR) is 37.0 cm³/mol. The molecule has 1 heterocycles. The van der Waals surface area contributed by atoms with Crippen molar-refractivity contribution >= 4 is 13.6 Å². The number of aromatic nitrogens is 2. The van der Waals surface area contributed by atoms with Crippen molar-refractivity contribution in [1.82, 2.24) is 4.57 Å². The minimum Gasteiger partial charge on any atom is -0.458 e. The summed E-state index contributed by atoms with van der Waals surface area (Å²) in [5.41, 5.74) is -0.676. The summed E-state index contributed by atoms with van der Waals surface area (Å²) in [5.74, 6) is 0. The third-order valence-electron chi connectivity index (χ3n) is 1.67. The van der Waals surface area contributed by atoms with E-state index in [4.69, 9.17) is 7.85 Å². The number of halogens is 3. The van der Waals surface area contributed by atoms with Crippen molar-refractivity contribution in [2.45, 2.75) is 6.18 Å². The summed E-state index contributed by atoms with van der Waals surface area (Å²) < 4.78 is 38.6. The smallest absolute Gasteiger partial charge is 0.457 e. The molecule has 0 amide bonds. The van der Waals surface area contributed by atoms with Crippen molar-refractivity contribution in [3.05, 3.63) is 11.9 Å². The highest BCUT2D eigenvalue weighted by atomic mass is 19.4. The number of hydrogen-bond donors (Lipinski definition) is 0. The number of alkyl halides is 3. The maximum Gasteiger partial charge on any atom is 0.457 e. The molecule has 0 fully saturated rings. The summed E-state index contributed by atoms with van der Waals surface area (Å²) in [7, 11) is 8.06. The first-order valence-electron chi connectivity index (χ1n) is 3.22. The van der Waals surface area contributed by atoms with Crippen LogP contribution >= 0.6 is 0 Å². The lowest BCUT2D eigenvalue weighted by Gasteiger charge is -2.05. The van der Waals surface area contributed by atoms with Gasteiger partial charge >= 0.3 is 6.18 Å². The Kier molecular flexibility index (Phi) is 1.93. The lowest BCUT2D eigenvalue weighted by molar-refractivity contribution is -0.653. The van der Waals surface area contributed by atoms with E-state index >= 15 is 0 Å². The van der Waals surface area contributed by atoms with Crippen molar-refractivity contribution in [3.8, 4) is 0 Å². The quantitative estimate of drug-likeness (QED) is 0.376. The van der Waals surface area contributed by atoms with Gasteiger partial charge in [0.2, 0.25) is 5.69 Å². The van der Waals surface area contributed by atoms with E-state index in [9.17, 15) is 13.2 Å². The van der Waals surface area contributed by atoms with Crippen molar-refractivity contribution in [3.63, 3.8) is 0 Å². The van der Waals surface area contributed by atoms with Gasteiger partial charge in [0.15, 0.2) is 0 Å². The monoisotopic (exact) mass is 175 g/mol. The van der Waals surface area contributed by atoms with Gasteiger partial charge in [0.25, 0.3) is 0 Å². The summed E-state index contributed by atoms with van der Waals surface area (Å²) in [5, 5.41) is 0. The molecule has 65 valence electrons. The molecule has 3 radical (unpaired) electrons. The standard InChI is InChI=1S/C6H7BF3N2/c1-11-3-4(6(8,9)10)12(2)5(11)7/h3H,1-2H3. The Balaban J connectivity index is 3.28. The second kappa shape index (κ2) is 2.53. The minimum absolute atomic E-state index is 0.0716. The van der Waals surface area contributed by atoms with Gasteiger partial charge < -0.3 is 7.85 Å². The molecule has 0 atom stereocenters. The van der Waals surface area contributed by atoms with E-state index in [-0.39, 0.29) is 5.72 Å².